The molecule has 0 radical (unpaired) electrons. The maximum Gasteiger partial charge on any atom is 0.418 e. The summed E-state index contributed by atoms with van der Waals surface area (Å²) in [5, 5.41) is 7.43. The Labute approximate surface area is 141 Å². The third-order valence-corrected chi connectivity index (χ3v) is 5.64. The summed E-state index contributed by atoms with van der Waals surface area (Å²) in [6, 6.07) is 1.42. The molecule has 0 aromatic carbocycles. The van der Waals surface area contributed by atoms with Crippen LogP contribution in [0.2, 0.25) is 0 Å². The van der Waals surface area contributed by atoms with Gasteiger partial charge in [0.25, 0.3) is 0 Å². The maximum atomic E-state index is 13.1. The summed E-state index contributed by atoms with van der Waals surface area (Å²) in [6.07, 6.45) is 3.78. The molecule has 0 saturated carbocycles. The van der Waals surface area contributed by atoms with Crippen molar-refractivity contribution in [1.29, 1.82) is 0 Å². The van der Waals surface area contributed by atoms with Gasteiger partial charge in [0.05, 0.1) is 17.5 Å². The third-order valence-electron chi connectivity index (χ3n) is 5.64. The van der Waals surface area contributed by atoms with Gasteiger partial charge in [-0.2, -0.15) is 23.4 Å². The second-order valence-electron chi connectivity index (χ2n) is 7.74. The van der Waals surface area contributed by atoms with Crippen molar-refractivity contribution in [2.45, 2.75) is 76.6 Å². The van der Waals surface area contributed by atoms with Crippen LogP contribution < -0.4 is 0 Å². The molecule has 2 unspecified atom stereocenters. The van der Waals surface area contributed by atoms with E-state index in [0.717, 1.165) is 31.6 Å². The first-order valence-electron chi connectivity index (χ1n) is 8.96. The molecule has 6 heteroatoms. The van der Waals surface area contributed by atoms with E-state index >= 15 is 0 Å². The van der Waals surface area contributed by atoms with Gasteiger partial charge < -0.3 is 0 Å². The Morgan fingerprint density at radius 2 is 2.12 bits per heavy atom. The lowest BCUT2D eigenvalue weighted by Gasteiger charge is -2.36. The molecule has 3 nitrogen and oxygen atoms in total. The summed E-state index contributed by atoms with van der Waals surface area (Å²) < 4.78 is 39.3. The van der Waals surface area contributed by atoms with Crippen molar-refractivity contribution >= 4 is 0 Å². The van der Waals surface area contributed by atoms with Gasteiger partial charge in [-0.25, -0.2) is 0 Å². The van der Waals surface area contributed by atoms with Crippen LogP contribution >= 0.6 is 0 Å². The number of aryl methyl sites for hydroxylation is 1. The Bertz CT molecular complexity index is 573. The molecule has 0 amide bonds. The fraction of sp³-hybridized carbons (Fsp3) is 0.778. The van der Waals surface area contributed by atoms with Gasteiger partial charge in [-0.05, 0) is 63.5 Å². The molecule has 0 bridgehead atoms. The van der Waals surface area contributed by atoms with E-state index in [4.69, 9.17) is 0 Å². The molecule has 3 heterocycles. The highest BCUT2D eigenvalue weighted by molar-refractivity contribution is 5.21. The molecule has 2 saturated heterocycles. The van der Waals surface area contributed by atoms with Gasteiger partial charge in [-0.3, -0.25) is 4.90 Å². The highest BCUT2D eigenvalue weighted by atomic mass is 19.4. The number of hydrogen-bond donors (Lipinski definition) is 0. The highest BCUT2D eigenvalue weighted by Crippen LogP contribution is 2.47. The first-order valence-corrected chi connectivity index (χ1v) is 8.96. The van der Waals surface area contributed by atoms with Crippen LogP contribution in [-0.2, 0) is 12.6 Å². The second kappa shape index (κ2) is 6.62. The molecule has 0 N–H and O–H groups in total. The number of rotatable bonds is 5. The minimum absolute atomic E-state index is 0.0885. The SMILES string of the molecule is CC(C)CC12CCCN1C(CCc1nnccc1C(F)(F)F)CC2. The van der Waals surface area contributed by atoms with Crippen LogP contribution in [0.4, 0.5) is 13.2 Å². The summed E-state index contributed by atoms with van der Waals surface area (Å²) in [5.41, 5.74) is -0.246. The fourth-order valence-electron chi connectivity index (χ4n) is 4.88. The van der Waals surface area contributed by atoms with Crippen molar-refractivity contribution in [3.63, 3.8) is 0 Å². The summed E-state index contributed by atoms with van der Waals surface area (Å²) in [6.45, 7) is 5.60. The maximum absolute atomic E-state index is 13.1. The minimum atomic E-state index is -4.35. The van der Waals surface area contributed by atoms with E-state index in [9.17, 15) is 13.2 Å². The molecular formula is C18H26F3N3. The van der Waals surface area contributed by atoms with Crippen LogP contribution in [0.1, 0.15) is 63.6 Å². The Morgan fingerprint density at radius 3 is 2.83 bits per heavy atom. The molecule has 1 aromatic heterocycles. The fourth-order valence-corrected chi connectivity index (χ4v) is 4.88. The van der Waals surface area contributed by atoms with E-state index in [1.807, 2.05) is 0 Å². The lowest BCUT2D eigenvalue weighted by molar-refractivity contribution is -0.138. The topological polar surface area (TPSA) is 29.0 Å². The van der Waals surface area contributed by atoms with Crippen LogP contribution in [0.15, 0.2) is 12.3 Å². The Hall–Kier alpha value is -1.17. The lowest BCUT2D eigenvalue weighted by Crippen LogP contribution is -2.43. The van der Waals surface area contributed by atoms with Gasteiger partial charge in [0, 0.05) is 11.6 Å². The average molecular weight is 341 g/mol. The monoisotopic (exact) mass is 341 g/mol. The summed E-state index contributed by atoms with van der Waals surface area (Å²) in [4.78, 5) is 2.59. The number of alkyl halides is 3. The predicted octanol–water partition coefficient (Wildman–Crippen LogP) is 4.47. The predicted molar refractivity (Wildman–Crippen MR) is 86.5 cm³/mol. The van der Waals surface area contributed by atoms with Crippen molar-refractivity contribution in [3.05, 3.63) is 23.5 Å². The lowest BCUT2D eigenvalue weighted by atomic mass is 9.85. The molecule has 0 aliphatic carbocycles. The van der Waals surface area contributed by atoms with Gasteiger partial charge in [0.15, 0.2) is 0 Å². The molecule has 24 heavy (non-hydrogen) atoms. The van der Waals surface area contributed by atoms with Gasteiger partial charge >= 0.3 is 6.18 Å². The number of halogens is 3. The number of aromatic nitrogens is 2. The van der Waals surface area contributed by atoms with Gasteiger partial charge in [-0.1, -0.05) is 13.8 Å². The summed E-state index contributed by atoms with van der Waals surface area (Å²) in [5.74, 6) is 0.654. The average Bonchev–Trinajstić information content (AvgIpc) is 3.02. The molecule has 134 valence electrons. The third kappa shape index (κ3) is 3.44. The van der Waals surface area contributed by atoms with Crippen molar-refractivity contribution in [2.24, 2.45) is 5.92 Å². The Balaban J connectivity index is 1.69. The second-order valence-corrected chi connectivity index (χ2v) is 7.74. The van der Waals surface area contributed by atoms with Gasteiger partial charge in [-0.15, -0.1) is 0 Å². The summed E-state index contributed by atoms with van der Waals surface area (Å²) >= 11 is 0. The van der Waals surface area contributed by atoms with Crippen LogP contribution in [-0.4, -0.2) is 33.2 Å². The molecule has 2 aliphatic rings. The summed E-state index contributed by atoms with van der Waals surface area (Å²) in [7, 11) is 0. The minimum Gasteiger partial charge on any atom is -0.295 e. The largest absolute Gasteiger partial charge is 0.418 e. The molecule has 1 aromatic rings. The zero-order valence-corrected chi connectivity index (χ0v) is 14.4. The Kier molecular flexibility index (Phi) is 4.87. The van der Waals surface area contributed by atoms with Gasteiger partial charge in [0.2, 0.25) is 0 Å². The first-order chi connectivity index (χ1) is 11.3. The zero-order chi connectivity index (χ0) is 17.4. The van der Waals surface area contributed by atoms with Crippen molar-refractivity contribution in [2.75, 3.05) is 6.54 Å². The standard InChI is InChI=1S/C18H26F3N3/c1-13(2)12-17-8-3-11-24(17)14(6-9-17)4-5-16-15(18(19,20)21)7-10-22-23-16/h7,10,13-14H,3-6,8-9,11-12H2,1-2H3. The van der Waals surface area contributed by atoms with Crippen molar-refractivity contribution < 1.29 is 13.2 Å². The number of nitrogens with zero attached hydrogens (tertiary/aromatic N) is 3. The van der Waals surface area contributed by atoms with E-state index < -0.39 is 11.7 Å². The molecule has 2 atom stereocenters. The normalized spacial score (nSPS) is 27.8. The number of hydrogen-bond acceptors (Lipinski definition) is 3. The molecular weight excluding hydrogens is 315 g/mol. The van der Waals surface area contributed by atoms with Crippen molar-refractivity contribution in [1.82, 2.24) is 15.1 Å². The Morgan fingerprint density at radius 1 is 1.33 bits per heavy atom. The van der Waals surface area contributed by atoms with Crippen LogP contribution in [0.3, 0.4) is 0 Å². The molecule has 2 fully saturated rings. The quantitative estimate of drug-likeness (QED) is 0.791. The van der Waals surface area contributed by atoms with E-state index in [0.29, 0.717) is 23.9 Å². The van der Waals surface area contributed by atoms with E-state index in [2.05, 4.69) is 28.9 Å². The molecule has 2 aliphatic heterocycles. The van der Waals surface area contributed by atoms with E-state index in [1.54, 1.807) is 0 Å². The number of fused-ring (bicyclic) bond motifs is 1. The van der Waals surface area contributed by atoms with E-state index in [1.165, 1.54) is 25.7 Å². The molecule has 3 rings (SSSR count). The smallest absolute Gasteiger partial charge is 0.295 e. The van der Waals surface area contributed by atoms with Crippen molar-refractivity contribution in [3.8, 4) is 0 Å². The zero-order valence-electron chi connectivity index (χ0n) is 14.4. The van der Waals surface area contributed by atoms with E-state index in [-0.39, 0.29) is 5.69 Å². The van der Waals surface area contributed by atoms with Gasteiger partial charge in [0.1, 0.15) is 0 Å². The first kappa shape index (κ1) is 17.6. The van der Waals surface area contributed by atoms with Crippen LogP contribution in [0.5, 0.6) is 0 Å². The van der Waals surface area contributed by atoms with Crippen LogP contribution in [0.25, 0.3) is 0 Å². The highest BCUT2D eigenvalue weighted by Gasteiger charge is 2.48. The van der Waals surface area contributed by atoms with Crippen LogP contribution in [0, 0.1) is 5.92 Å². The molecule has 0 spiro atoms.